The average molecular weight is 405 g/mol. The lowest BCUT2D eigenvalue weighted by Crippen LogP contribution is -2.58. The highest BCUT2D eigenvalue weighted by Crippen LogP contribution is 2.27. The summed E-state index contributed by atoms with van der Waals surface area (Å²) in [6.45, 7) is 11.2. The fraction of sp³-hybridized carbons (Fsp3) is 0.591. The molecule has 1 saturated heterocycles. The van der Waals surface area contributed by atoms with E-state index >= 15 is 0 Å². The lowest BCUT2D eigenvalue weighted by atomic mass is 9.90. The Hall–Kier alpha value is -2.57. The molecular weight excluding hydrogens is 372 g/mol. The Bertz CT molecular complexity index is 734. The number of para-hydroxylation sites is 1. The molecular formula is C22H32N2O5. The van der Waals surface area contributed by atoms with E-state index < -0.39 is 35.2 Å². The third-order valence-electron chi connectivity index (χ3n) is 4.33. The quantitative estimate of drug-likeness (QED) is 0.615. The number of carbonyl (C=O) groups excluding carboxylic acids is 3. The van der Waals surface area contributed by atoms with Gasteiger partial charge in [0.25, 0.3) is 0 Å². The zero-order valence-corrected chi connectivity index (χ0v) is 18.2. The highest BCUT2D eigenvalue weighted by molar-refractivity contribution is 5.87. The minimum atomic E-state index is -0.800. The second-order valence-corrected chi connectivity index (χ2v) is 9.38. The number of benzene rings is 1. The Morgan fingerprint density at radius 3 is 2.21 bits per heavy atom. The molecule has 1 fully saturated rings. The van der Waals surface area contributed by atoms with Crippen molar-refractivity contribution in [3.8, 4) is 5.75 Å². The zero-order chi connectivity index (χ0) is 21.8. The van der Waals surface area contributed by atoms with Crippen LogP contribution < -0.4 is 10.1 Å². The van der Waals surface area contributed by atoms with Crippen LogP contribution in [0.15, 0.2) is 30.3 Å². The van der Waals surface area contributed by atoms with Crippen molar-refractivity contribution in [3.05, 3.63) is 30.3 Å². The van der Waals surface area contributed by atoms with E-state index in [-0.39, 0.29) is 18.9 Å². The molecule has 2 rings (SSSR count). The number of amides is 2. The maximum absolute atomic E-state index is 12.9. The molecule has 1 aromatic carbocycles. The maximum atomic E-state index is 12.9. The van der Waals surface area contributed by atoms with Crippen LogP contribution in [-0.4, -0.2) is 46.6 Å². The number of nitrogens with zero attached hydrogens (tertiary/aromatic N) is 1. The number of carbonyl (C=O) groups is 3. The Balaban J connectivity index is 2.16. The third kappa shape index (κ3) is 7.07. The van der Waals surface area contributed by atoms with E-state index in [1.807, 2.05) is 26.8 Å². The maximum Gasteiger partial charge on any atom is 0.410 e. The molecule has 0 aromatic heterocycles. The van der Waals surface area contributed by atoms with Crippen LogP contribution in [0.3, 0.4) is 0 Å². The van der Waals surface area contributed by atoms with Crippen molar-refractivity contribution in [3.63, 3.8) is 0 Å². The van der Waals surface area contributed by atoms with Gasteiger partial charge in [0.1, 0.15) is 17.4 Å². The molecule has 0 radical (unpaired) electrons. The van der Waals surface area contributed by atoms with Gasteiger partial charge in [0, 0.05) is 12.1 Å². The van der Waals surface area contributed by atoms with Gasteiger partial charge >= 0.3 is 12.1 Å². The van der Waals surface area contributed by atoms with E-state index in [1.54, 1.807) is 45.0 Å². The largest absolute Gasteiger partial charge is 0.444 e. The van der Waals surface area contributed by atoms with Crippen molar-refractivity contribution in [2.75, 3.05) is 6.54 Å². The van der Waals surface area contributed by atoms with Gasteiger partial charge in [0.2, 0.25) is 5.91 Å². The number of esters is 1. The van der Waals surface area contributed by atoms with E-state index in [0.29, 0.717) is 12.2 Å². The van der Waals surface area contributed by atoms with Crippen LogP contribution in [0.25, 0.3) is 0 Å². The fourth-order valence-electron chi connectivity index (χ4n) is 3.11. The molecule has 1 aliphatic heterocycles. The van der Waals surface area contributed by atoms with Crippen molar-refractivity contribution in [1.29, 1.82) is 0 Å². The average Bonchev–Trinajstić information content (AvgIpc) is 2.59. The Kier molecular flexibility index (Phi) is 6.93. The van der Waals surface area contributed by atoms with E-state index in [9.17, 15) is 14.4 Å². The highest BCUT2D eigenvalue weighted by atomic mass is 16.6. The summed E-state index contributed by atoms with van der Waals surface area (Å²) in [6.07, 6.45) is 0.0401. The van der Waals surface area contributed by atoms with Crippen LogP contribution in [-0.2, 0) is 14.3 Å². The Labute approximate surface area is 172 Å². The highest BCUT2D eigenvalue weighted by Gasteiger charge is 2.41. The van der Waals surface area contributed by atoms with Crippen molar-refractivity contribution in [2.45, 2.75) is 71.6 Å². The van der Waals surface area contributed by atoms with Crippen LogP contribution in [0.1, 0.15) is 54.4 Å². The second-order valence-electron chi connectivity index (χ2n) is 9.38. The predicted molar refractivity (Wildman–Crippen MR) is 109 cm³/mol. The summed E-state index contributed by atoms with van der Waals surface area (Å²) in [5.41, 5.74) is -1.14. The van der Waals surface area contributed by atoms with Crippen molar-refractivity contribution >= 4 is 18.0 Å². The minimum Gasteiger partial charge on any atom is -0.444 e. The van der Waals surface area contributed by atoms with Crippen molar-refractivity contribution in [1.82, 2.24) is 10.2 Å². The van der Waals surface area contributed by atoms with E-state index in [4.69, 9.17) is 9.47 Å². The van der Waals surface area contributed by atoms with Gasteiger partial charge < -0.3 is 14.8 Å². The number of nitrogens with one attached hydrogen (secondary N) is 1. The number of hydrogen-bond donors (Lipinski definition) is 1. The van der Waals surface area contributed by atoms with Gasteiger partial charge in [-0.2, -0.15) is 0 Å². The van der Waals surface area contributed by atoms with E-state index in [2.05, 4.69) is 5.32 Å². The van der Waals surface area contributed by atoms with Gasteiger partial charge in [-0.15, -0.1) is 0 Å². The van der Waals surface area contributed by atoms with Crippen molar-refractivity contribution < 1.29 is 23.9 Å². The topological polar surface area (TPSA) is 84.9 Å². The first-order valence-corrected chi connectivity index (χ1v) is 9.94. The zero-order valence-electron chi connectivity index (χ0n) is 18.2. The smallest absolute Gasteiger partial charge is 0.410 e. The van der Waals surface area contributed by atoms with Crippen molar-refractivity contribution in [2.24, 2.45) is 5.92 Å². The number of rotatable bonds is 3. The van der Waals surface area contributed by atoms with Gasteiger partial charge in [-0.25, -0.2) is 4.79 Å². The molecule has 7 nitrogen and oxygen atoms in total. The summed E-state index contributed by atoms with van der Waals surface area (Å²) in [6, 6.07) is 8.02. The molecule has 29 heavy (non-hydrogen) atoms. The number of piperidine rings is 1. The Morgan fingerprint density at radius 1 is 1.03 bits per heavy atom. The summed E-state index contributed by atoms with van der Waals surface area (Å²) in [5.74, 6) is -0.721. The molecule has 0 spiro atoms. The summed E-state index contributed by atoms with van der Waals surface area (Å²) >= 11 is 0. The molecule has 0 aliphatic carbocycles. The van der Waals surface area contributed by atoms with Crippen LogP contribution in [0.2, 0.25) is 0 Å². The molecule has 1 heterocycles. The summed E-state index contributed by atoms with van der Waals surface area (Å²) < 4.78 is 10.9. The van der Waals surface area contributed by atoms with E-state index in [1.165, 1.54) is 4.90 Å². The molecule has 2 atom stereocenters. The first-order chi connectivity index (χ1) is 13.4. The third-order valence-corrected chi connectivity index (χ3v) is 4.33. The monoisotopic (exact) mass is 404 g/mol. The second kappa shape index (κ2) is 8.84. The van der Waals surface area contributed by atoms with Crippen LogP contribution >= 0.6 is 0 Å². The number of likely N-dealkylation sites (tertiary alicyclic amines) is 1. The molecule has 0 bridgehead atoms. The van der Waals surface area contributed by atoms with Crippen LogP contribution in [0, 0.1) is 5.92 Å². The fourth-order valence-corrected chi connectivity index (χ4v) is 3.11. The normalized spacial score (nSPS) is 20.0. The van der Waals surface area contributed by atoms with Gasteiger partial charge in [0.05, 0.1) is 5.92 Å². The summed E-state index contributed by atoms with van der Waals surface area (Å²) in [5, 5.41) is 2.91. The Morgan fingerprint density at radius 2 is 1.66 bits per heavy atom. The lowest BCUT2D eigenvalue weighted by molar-refractivity contribution is -0.143. The summed E-state index contributed by atoms with van der Waals surface area (Å²) in [4.78, 5) is 39.6. The van der Waals surface area contributed by atoms with E-state index in [0.717, 1.165) is 0 Å². The molecule has 2 amide bonds. The molecule has 7 heteroatoms. The first kappa shape index (κ1) is 22.7. The molecule has 1 N–H and O–H groups in total. The standard InChI is InChI=1S/C22H32N2O5/c1-21(2,3)23-18(25)17-14-15(19(26)28-16-10-8-7-9-11-16)12-13-24(17)20(27)29-22(4,5)6/h7-11,15,17H,12-14H2,1-6H3,(H,23,25)/t15?,17-/m1/s1. The summed E-state index contributed by atoms with van der Waals surface area (Å²) in [7, 11) is 0. The van der Waals surface area contributed by atoms with Crippen LogP contribution in [0.4, 0.5) is 4.79 Å². The minimum absolute atomic E-state index is 0.187. The molecule has 1 unspecified atom stereocenters. The van der Waals surface area contributed by atoms with Gasteiger partial charge in [-0.1, -0.05) is 18.2 Å². The van der Waals surface area contributed by atoms with Gasteiger partial charge in [-0.3, -0.25) is 14.5 Å². The SMILES string of the molecule is CC(C)(C)NC(=O)[C@H]1CC(C(=O)Oc2ccccc2)CCN1C(=O)OC(C)(C)C. The number of hydrogen-bond acceptors (Lipinski definition) is 5. The van der Waals surface area contributed by atoms with Gasteiger partial charge in [-0.05, 0) is 66.5 Å². The molecule has 1 aliphatic rings. The number of ether oxygens (including phenoxy) is 2. The first-order valence-electron chi connectivity index (χ1n) is 9.94. The van der Waals surface area contributed by atoms with Gasteiger partial charge in [0.15, 0.2) is 0 Å². The molecule has 160 valence electrons. The predicted octanol–water partition coefficient (Wildman–Crippen LogP) is 3.52. The van der Waals surface area contributed by atoms with Crippen LogP contribution in [0.5, 0.6) is 5.75 Å². The molecule has 0 saturated carbocycles. The lowest BCUT2D eigenvalue weighted by Gasteiger charge is -2.39. The molecule has 1 aromatic rings.